The monoisotopic (exact) mass is 293 g/mol. The zero-order chi connectivity index (χ0) is 15.1. The highest BCUT2D eigenvalue weighted by Crippen LogP contribution is 2.35. The molecule has 1 aromatic rings. The second-order valence-corrected chi connectivity index (χ2v) is 5.45. The van der Waals surface area contributed by atoms with Gasteiger partial charge >= 0.3 is 0 Å². The molecule has 0 aromatic heterocycles. The van der Waals surface area contributed by atoms with Crippen LogP contribution in [-0.2, 0) is 11.2 Å². The molecule has 0 radical (unpaired) electrons. The van der Waals surface area contributed by atoms with Gasteiger partial charge in [0.15, 0.2) is 0 Å². The van der Waals surface area contributed by atoms with Crippen molar-refractivity contribution in [3.8, 4) is 5.75 Å². The Hall–Kier alpha value is -1.10. The van der Waals surface area contributed by atoms with E-state index in [9.17, 15) is 5.11 Å². The molecule has 21 heavy (non-hydrogen) atoms. The minimum Gasteiger partial charge on any atom is -0.491 e. The lowest BCUT2D eigenvalue weighted by Gasteiger charge is -2.28. The average Bonchev–Trinajstić information content (AvgIpc) is 2.51. The van der Waals surface area contributed by atoms with Crippen LogP contribution in [0, 0.1) is 0 Å². The molecule has 0 amide bonds. The third kappa shape index (κ3) is 4.43. The van der Waals surface area contributed by atoms with E-state index in [1.807, 2.05) is 19.1 Å². The van der Waals surface area contributed by atoms with Crippen molar-refractivity contribution in [1.29, 1.82) is 0 Å². The molecule has 0 heterocycles. The van der Waals surface area contributed by atoms with Crippen molar-refractivity contribution in [3.05, 3.63) is 29.3 Å². The predicted octanol–water partition coefficient (Wildman–Crippen LogP) is 2.45. The summed E-state index contributed by atoms with van der Waals surface area (Å²) in [7, 11) is 0. The van der Waals surface area contributed by atoms with Gasteiger partial charge in [-0.05, 0) is 49.9 Å². The van der Waals surface area contributed by atoms with E-state index >= 15 is 0 Å². The van der Waals surface area contributed by atoms with E-state index in [4.69, 9.17) is 9.47 Å². The molecule has 2 rings (SSSR count). The van der Waals surface area contributed by atoms with Crippen molar-refractivity contribution >= 4 is 0 Å². The topological polar surface area (TPSA) is 50.7 Å². The molecular weight excluding hydrogens is 266 g/mol. The summed E-state index contributed by atoms with van der Waals surface area (Å²) >= 11 is 0. The summed E-state index contributed by atoms with van der Waals surface area (Å²) in [6.45, 7) is 6.25. The van der Waals surface area contributed by atoms with E-state index in [-0.39, 0.29) is 6.61 Å². The number of nitrogens with one attached hydrogen (secondary N) is 1. The Kier molecular flexibility index (Phi) is 6.49. The number of hydrogen-bond donors (Lipinski definition) is 2. The highest BCUT2D eigenvalue weighted by atomic mass is 16.5. The van der Waals surface area contributed by atoms with Crippen LogP contribution in [0.15, 0.2) is 18.2 Å². The summed E-state index contributed by atoms with van der Waals surface area (Å²) in [6.07, 6.45) is 2.83. The lowest BCUT2D eigenvalue weighted by atomic mass is 9.87. The van der Waals surface area contributed by atoms with Crippen molar-refractivity contribution in [1.82, 2.24) is 5.32 Å². The van der Waals surface area contributed by atoms with Crippen LogP contribution in [0.3, 0.4) is 0 Å². The summed E-state index contributed by atoms with van der Waals surface area (Å²) < 4.78 is 11.0. The largest absolute Gasteiger partial charge is 0.491 e. The van der Waals surface area contributed by atoms with E-state index in [0.717, 1.165) is 18.7 Å². The summed E-state index contributed by atoms with van der Waals surface area (Å²) in [5.74, 6) is 0.908. The Morgan fingerprint density at radius 2 is 2.19 bits per heavy atom. The smallest absolute Gasteiger partial charge is 0.122 e. The molecule has 2 N–H and O–H groups in total. The Balaban J connectivity index is 2.02. The van der Waals surface area contributed by atoms with Gasteiger partial charge in [-0.2, -0.15) is 0 Å². The maximum absolute atomic E-state index is 9.82. The average molecular weight is 293 g/mol. The lowest BCUT2D eigenvalue weighted by Crippen LogP contribution is -2.26. The van der Waals surface area contributed by atoms with Gasteiger partial charge in [-0.3, -0.25) is 0 Å². The Labute approximate surface area is 127 Å². The molecule has 1 aromatic carbocycles. The zero-order valence-electron chi connectivity index (χ0n) is 13.1. The van der Waals surface area contributed by atoms with Crippen molar-refractivity contribution in [2.75, 3.05) is 26.4 Å². The first-order valence-electron chi connectivity index (χ1n) is 8.00. The molecule has 0 saturated carbocycles. The van der Waals surface area contributed by atoms with Gasteiger partial charge in [0.25, 0.3) is 0 Å². The van der Waals surface area contributed by atoms with E-state index in [2.05, 4.69) is 18.3 Å². The molecule has 0 fully saturated rings. The standard InChI is InChI=1S/C17H27NO3/c1-3-18-16-9-5-8-15-14(16)7-6-10-17(15)21-12-13(19)11-20-4-2/h6-7,10,13,16,18-19H,3-5,8-9,11-12H2,1-2H3. The van der Waals surface area contributed by atoms with Crippen molar-refractivity contribution in [2.24, 2.45) is 0 Å². The molecule has 2 unspecified atom stereocenters. The van der Waals surface area contributed by atoms with Crippen LogP contribution in [0.2, 0.25) is 0 Å². The second-order valence-electron chi connectivity index (χ2n) is 5.45. The number of aliphatic hydroxyl groups excluding tert-OH is 1. The normalized spacial score (nSPS) is 19.1. The highest BCUT2D eigenvalue weighted by molar-refractivity contribution is 5.43. The van der Waals surface area contributed by atoms with Gasteiger partial charge in [-0.15, -0.1) is 0 Å². The SMILES string of the molecule is CCNC1CCCc2c(OCC(O)COCC)cccc21. The van der Waals surface area contributed by atoms with Gasteiger partial charge in [0.1, 0.15) is 18.5 Å². The number of ether oxygens (including phenoxy) is 2. The van der Waals surface area contributed by atoms with Gasteiger partial charge in [0.05, 0.1) is 6.61 Å². The number of hydrogen-bond acceptors (Lipinski definition) is 4. The molecule has 118 valence electrons. The quantitative estimate of drug-likeness (QED) is 0.773. The molecule has 4 nitrogen and oxygen atoms in total. The highest BCUT2D eigenvalue weighted by Gasteiger charge is 2.22. The van der Waals surface area contributed by atoms with Crippen LogP contribution in [-0.4, -0.2) is 37.6 Å². The Morgan fingerprint density at radius 3 is 2.95 bits per heavy atom. The summed E-state index contributed by atoms with van der Waals surface area (Å²) in [4.78, 5) is 0. The number of fused-ring (bicyclic) bond motifs is 1. The lowest BCUT2D eigenvalue weighted by molar-refractivity contribution is 0.0162. The Morgan fingerprint density at radius 1 is 1.33 bits per heavy atom. The van der Waals surface area contributed by atoms with Crippen LogP contribution < -0.4 is 10.1 Å². The molecule has 0 bridgehead atoms. The fourth-order valence-corrected chi connectivity index (χ4v) is 2.90. The molecule has 0 aliphatic heterocycles. The number of aliphatic hydroxyl groups is 1. The summed E-state index contributed by atoms with van der Waals surface area (Å²) in [6, 6.07) is 6.65. The molecule has 2 atom stereocenters. The van der Waals surface area contributed by atoms with Crippen LogP contribution in [0.25, 0.3) is 0 Å². The van der Waals surface area contributed by atoms with Gasteiger partial charge < -0.3 is 19.9 Å². The predicted molar refractivity (Wildman–Crippen MR) is 83.8 cm³/mol. The van der Waals surface area contributed by atoms with Crippen LogP contribution in [0.1, 0.15) is 43.9 Å². The number of rotatable bonds is 8. The maximum Gasteiger partial charge on any atom is 0.122 e. The van der Waals surface area contributed by atoms with Gasteiger partial charge in [0.2, 0.25) is 0 Å². The first-order chi connectivity index (χ1) is 10.3. The molecule has 0 spiro atoms. The molecule has 0 saturated heterocycles. The van der Waals surface area contributed by atoms with E-state index in [1.165, 1.54) is 24.0 Å². The molecule has 4 heteroatoms. The van der Waals surface area contributed by atoms with E-state index in [1.54, 1.807) is 0 Å². The Bertz CT molecular complexity index is 436. The maximum atomic E-state index is 9.82. The minimum atomic E-state index is -0.575. The molecule has 1 aliphatic rings. The van der Waals surface area contributed by atoms with Crippen LogP contribution in [0.5, 0.6) is 5.75 Å². The van der Waals surface area contributed by atoms with Gasteiger partial charge in [-0.1, -0.05) is 19.1 Å². The van der Waals surface area contributed by atoms with E-state index in [0.29, 0.717) is 19.3 Å². The van der Waals surface area contributed by atoms with Crippen molar-refractivity contribution in [3.63, 3.8) is 0 Å². The summed E-state index contributed by atoms with van der Waals surface area (Å²) in [5, 5.41) is 13.4. The van der Waals surface area contributed by atoms with Crippen molar-refractivity contribution < 1.29 is 14.6 Å². The molecular formula is C17H27NO3. The first-order valence-corrected chi connectivity index (χ1v) is 8.00. The van der Waals surface area contributed by atoms with Gasteiger partial charge in [0, 0.05) is 12.6 Å². The minimum absolute atomic E-state index is 0.280. The van der Waals surface area contributed by atoms with E-state index < -0.39 is 6.10 Å². The third-order valence-electron chi connectivity index (χ3n) is 3.86. The third-order valence-corrected chi connectivity index (χ3v) is 3.86. The zero-order valence-corrected chi connectivity index (χ0v) is 13.1. The first kappa shape index (κ1) is 16.3. The van der Waals surface area contributed by atoms with Crippen LogP contribution >= 0.6 is 0 Å². The van der Waals surface area contributed by atoms with Crippen LogP contribution in [0.4, 0.5) is 0 Å². The second kappa shape index (κ2) is 8.37. The van der Waals surface area contributed by atoms with Gasteiger partial charge in [-0.25, -0.2) is 0 Å². The number of benzene rings is 1. The van der Waals surface area contributed by atoms with Crippen molar-refractivity contribution in [2.45, 2.75) is 45.3 Å². The fraction of sp³-hybridized carbons (Fsp3) is 0.647. The summed E-state index contributed by atoms with van der Waals surface area (Å²) in [5.41, 5.74) is 2.64. The molecule has 1 aliphatic carbocycles. The fourth-order valence-electron chi connectivity index (χ4n) is 2.90.